The third-order valence-corrected chi connectivity index (χ3v) is 3.55. The molecule has 1 aliphatic rings. The molecule has 3 heteroatoms. The van der Waals surface area contributed by atoms with Crippen LogP contribution in [-0.4, -0.2) is 6.61 Å². The summed E-state index contributed by atoms with van der Waals surface area (Å²) in [5, 5.41) is 0. The molecule has 0 saturated heterocycles. The maximum atomic E-state index is 13.7. The molecule has 0 spiro atoms. The molecule has 0 aromatic heterocycles. The lowest BCUT2D eigenvalue weighted by molar-refractivity contribution is 0.320. The van der Waals surface area contributed by atoms with Crippen LogP contribution in [0.25, 0.3) is 0 Å². The molecule has 1 saturated carbocycles. The summed E-state index contributed by atoms with van der Waals surface area (Å²) in [6.45, 7) is 2.32. The molecule has 2 N–H and O–H groups in total. The van der Waals surface area contributed by atoms with E-state index in [0.717, 1.165) is 18.4 Å². The van der Waals surface area contributed by atoms with E-state index in [1.165, 1.54) is 18.9 Å². The van der Waals surface area contributed by atoms with Crippen LogP contribution < -0.4 is 10.5 Å². The van der Waals surface area contributed by atoms with Gasteiger partial charge in [-0.1, -0.05) is 18.9 Å². The van der Waals surface area contributed by atoms with Gasteiger partial charge in [0.1, 0.15) is 0 Å². The monoisotopic (exact) mass is 237 g/mol. The van der Waals surface area contributed by atoms with Crippen LogP contribution in [0.2, 0.25) is 0 Å². The van der Waals surface area contributed by atoms with Gasteiger partial charge < -0.3 is 10.5 Å². The van der Waals surface area contributed by atoms with Crippen LogP contribution in [0.4, 0.5) is 4.39 Å². The molecule has 0 bridgehead atoms. The van der Waals surface area contributed by atoms with Crippen molar-refractivity contribution in [2.75, 3.05) is 6.61 Å². The van der Waals surface area contributed by atoms with Crippen molar-refractivity contribution in [3.63, 3.8) is 0 Å². The Kier molecular flexibility index (Phi) is 4.00. The Bertz CT molecular complexity index is 374. The van der Waals surface area contributed by atoms with Gasteiger partial charge in [0.25, 0.3) is 0 Å². The fourth-order valence-corrected chi connectivity index (χ4v) is 2.59. The molecule has 1 aliphatic carbocycles. The van der Waals surface area contributed by atoms with Gasteiger partial charge in [-0.15, -0.1) is 0 Å². The highest BCUT2D eigenvalue weighted by Gasteiger charge is 2.23. The minimum atomic E-state index is -0.308. The van der Waals surface area contributed by atoms with Gasteiger partial charge in [0.2, 0.25) is 0 Å². The summed E-state index contributed by atoms with van der Waals surface area (Å²) < 4.78 is 18.9. The molecule has 0 aliphatic heterocycles. The Morgan fingerprint density at radius 1 is 1.41 bits per heavy atom. The third-order valence-electron chi connectivity index (χ3n) is 3.55. The van der Waals surface area contributed by atoms with E-state index in [1.54, 1.807) is 6.07 Å². The Hall–Kier alpha value is -1.09. The summed E-state index contributed by atoms with van der Waals surface area (Å²) in [5.74, 6) is 0.514. The molecule has 1 aromatic rings. The number of ether oxygens (including phenoxy) is 1. The number of hydrogen-bond donors (Lipinski definition) is 1. The fraction of sp³-hybridized carbons (Fsp3) is 0.571. The summed E-state index contributed by atoms with van der Waals surface area (Å²) in [6, 6.07) is 5.05. The van der Waals surface area contributed by atoms with Crippen LogP contribution in [0.3, 0.4) is 0 Å². The Morgan fingerprint density at radius 2 is 2.12 bits per heavy atom. The second kappa shape index (κ2) is 5.50. The summed E-state index contributed by atoms with van der Waals surface area (Å²) >= 11 is 0. The van der Waals surface area contributed by atoms with E-state index in [-0.39, 0.29) is 11.9 Å². The summed E-state index contributed by atoms with van der Waals surface area (Å²) in [5.41, 5.74) is 7.07. The first-order valence-corrected chi connectivity index (χ1v) is 6.40. The molecular weight excluding hydrogens is 217 g/mol. The highest BCUT2D eigenvalue weighted by molar-refractivity contribution is 5.31. The van der Waals surface area contributed by atoms with Gasteiger partial charge in [-0.3, -0.25) is 0 Å². The topological polar surface area (TPSA) is 35.2 Å². The van der Waals surface area contributed by atoms with Gasteiger partial charge in [0.05, 0.1) is 6.61 Å². The molecule has 17 heavy (non-hydrogen) atoms. The van der Waals surface area contributed by atoms with Crippen LogP contribution in [-0.2, 0) is 0 Å². The van der Waals surface area contributed by atoms with Crippen molar-refractivity contribution in [1.29, 1.82) is 0 Å². The highest BCUT2D eigenvalue weighted by atomic mass is 19.1. The Morgan fingerprint density at radius 3 is 2.71 bits per heavy atom. The van der Waals surface area contributed by atoms with E-state index in [0.29, 0.717) is 18.3 Å². The van der Waals surface area contributed by atoms with E-state index >= 15 is 0 Å². The van der Waals surface area contributed by atoms with Gasteiger partial charge in [0.15, 0.2) is 11.6 Å². The predicted molar refractivity (Wildman–Crippen MR) is 66.5 cm³/mol. The summed E-state index contributed by atoms with van der Waals surface area (Å²) in [6.07, 6.45) is 4.82. The molecule has 1 unspecified atom stereocenters. The SMILES string of the molecule is CCOc1ccc(C(N)C2CCCC2)cc1F. The summed E-state index contributed by atoms with van der Waals surface area (Å²) in [7, 11) is 0. The molecule has 2 nitrogen and oxygen atoms in total. The molecule has 1 fully saturated rings. The molecular formula is C14H20FNO. The lowest BCUT2D eigenvalue weighted by Crippen LogP contribution is -2.19. The average Bonchev–Trinajstić information content (AvgIpc) is 2.84. The molecule has 0 radical (unpaired) electrons. The molecule has 94 valence electrons. The van der Waals surface area contributed by atoms with Crippen LogP contribution in [0.15, 0.2) is 18.2 Å². The van der Waals surface area contributed by atoms with Gasteiger partial charge in [0, 0.05) is 6.04 Å². The maximum Gasteiger partial charge on any atom is 0.165 e. The van der Waals surface area contributed by atoms with Crippen molar-refractivity contribution in [3.8, 4) is 5.75 Å². The largest absolute Gasteiger partial charge is 0.491 e. The van der Waals surface area contributed by atoms with Crippen molar-refractivity contribution < 1.29 is 9.13 Å². The van der Waals surface area contributed by atoms with E-state index < -0.39 is 0 Å². The first-order valence-electron chi connectivity index (χ1n) is 6.40. The van der Waals surface area contributed by atoms with Gasteiger partial charge in [-0.05, 0) is 43.4 Å². The van der Waals surface area contributed by atoms with E-state index in [2.05, 4.69) is 0 Å². The number of benzene rings is 1. The minimum Gasteiger partial charge on any atom is -0.491 e. The number of halogens is 1. The van der Waals surface area contributed by atoms with Crippen molar-refractivity contribution in [2.24, 2.45) is 11.7 Å². The van der Waals surface area contributed by atoms with Gasteiger partial charge in [-0.25, -0.2) is 4.39 Å². The van der Waals surface area contributed by atoms with Crippen molar-refractivity contribution >= 4 is 0 Å². The minimum absolute atomic E-state index is 0.0392. The van der Waals surface area contributed by atoms with E-state index in [1.807, 2.05) is 13.0 Å². The highest BCUT2D eigenvalue weighted by Crippen LogP contribution is 2.35. The van der Waals surface area contributed by atoms with Gasteiger partial charge in [-0.2, -0.15) is 0 Å². The lowest BCUT2D eigenvalue weighted by atomic mass is 9.92. The van der Waals surface area contributed by atoms with Crippen molar-refractivity contribution in [3.05, 3.63) is 29.6 Å². The zero-order valence-electron chi connectivity index (χ0n) is 10.3. The normalized spacial score (nSPS) is 18.3. The second-order valence-corrected chi connectivity index (χ2v) is 4.69. The molecule has 1 atom stereocenters. The Labute approximate surface area is 102 Å². The van der Waals surface area contributed by atoms with E-state index in [9.17, 15) is 4.39 Å². The number of rotatable bonds is 4. The zero-order valence-corrected chi connectivity index (χ0v) is 10.3. The van der Waals surface area contributed by atoms with Crippen LogP contribution in [0, 0.1) is 11.7 Å². The average molecular weight is 237 g/mol. The first-order chi connectivity index (χ1) is 8.22. The lowest BCUT2D eigenvalue weighted by Gasteiger charge is -2.19. The standard InChI is InChI=1S/C14H20FNO/c1-2-17-13-8-7-11(9-12(13)15)14(16)10-5-3-4-6-10/h7-10,14H,2-6,16H2,1H3. The fourth-order valence-electron chi connectivity index (χ4n) is 2.59. The van der Waals surface area contributed by atoms with Gasteiger partial charge >= 0.3 is 0 Å². The third kappa shape index (κ3) is 2.78. The second-order valence-electron chi connectivity index (χ2n) is 4.69. The van der Waals surface area contributed by atoms with Crippen molar-refractivity contribution in [1.82, 2.24) is 0 Å². The molecule has 2 rings (SSSR count). The van der Waals surface area contributed by atoms with Crippen molar-refractivity contribution in [2.45, 2.75) is 38.6 Å². The zero-order chi connectivity index (χ0) is 12.3. The number of nitrogens with two attached hydrogens (primary N) is 1. The molecule has 0 amide bonds. The van der Waals surface area contributed by atoms with Crippen LogP contribution in [0.5, 0.6) is 5.75 Å². The quantitative estimate of drug-likeness (QED) is 0.871. The maximum absolute atomic E-state index is 13.7. The number of hydrogen-bond acceptors (Lipinski definition) is 2. The molecule has 1 aromatic carbocycles. The molecule has 0 heterocycles. The smallest absolute Gasteiger partial charge is 0.165 e. The van der Waals surface area contributed by atoms with Crippen LogP contribution >= 0.6 is 0 Å². The summed E-state index contributed by atoms with van der Waals surface area (Å²) in [4.78, 5) is 0. The Balaban J connectivity index is 2.12. The van der Waals surface area contributed by atoms with E-state index in [4.69, 9.17) is 10.5 Å². The first kappa shape index (κ1) is 12.4. The van der Waals surface area contributed by atoms with Crippen LogP contribution in [0.1, 0.15) is 44.2 Å². The predicted octanol–water partition coefficient (Wildman–Crippen LogP) is 3.41.